The van der Waals surface area contributed by atoms with Gasteiger partial charge in [-0.3, -0.25) is 0 Å². The molecule has 0 aliphatic carbocycles. The lowest BCUT2D eigenvalue weighted by Gasteiger charge is -2.27. The zero-order chi connectivity index (χ0) is 16.2. The molecular formula is C16H17N7S. The van der Waals surface area contributed by atoms with Gasteiger partial charge in [0.1, 0.15) is 16.3 Å². The van der Waals surface area contributed by atoms with E-state index in [0.717, 1.165) is 54.2 Å². The van der Waals surface area contributed by atoms with Crippen molar-refractivity contribution in [2.75, 3.05) is 36.4 Å². The molecule has 0 spiro atoms. The second-order valence-corrected chi connectivity index (χ2v) is 6.26. The molecule has 0 radical (unpaired) electrons. The Balaban J connectivity index is 1.48. The largest absolute Gasteiger partial charge is 0.340 e. The van der Waals surface area contributed by atoms with Crippen LogP contribution in [0, 0.1) is 0 Å². The second kappa shape index (κ2) is 6.90. The molecule has 1 aliphatic heterocycles. The summed E-state index contributed by atoms with van der Waals surface area (Å²) in [4.78, 5) is 11.2. The summed E-state index contributed by atoms with van der Waals surface area (Å²) in [6.45, 7) is 3.79. The molecule has 1 saturated heterocycles. The third-order valence-electron chi connectivity index (χ3n) is 3.81. The van der Waals surface area contributed by atoms with Gasteiger partial charge in [0, 0.05) is 43.6 Å². The highest BCUT2D eigenvalue weighted by Gasteiger charge is 2.13. The van der Waals surface area contributed by atoms with Crippen LogP contribution < -0.4 is 15.5 Å². The Hall–Kier alpha value is -2.58. The Morgan fingerprint density at radius 3 is 2.67 bits per heavy atom. The number of aromatic nitrogens is 4. The maximum atomic E-state index is 4.62. The van der Waals surface area contributed by atoms with Crippen molar-refractivity contribution in [2.45, 2.75) is 0 Å². The number of hydrogen-bond acceptors (Lipinski definition) is 8. The van der Waals surface area contributed by atoms with E-state index in [9.17, 15) is 0 Å². The molecule has 2 aromatic heterocycles. The maximum absolute atomic E-state index is 4.62. The molecule has 7 nitrogen and oxygen atoms in total. The van der Waals surface area contributed by atoms with Crippen molar-refractivity contribution in [1.29, 1.82) is 0 Å². The van der Waals surface area contributed by atoms with Gasteiger partial charge in [0.2, 0.25) is 5.95 Å². The van der Waals surface area contributed by atoms with Crippen LogP contribution in [0.15, 0.2) is 42.0 Å². The van der Waals surface area contributed by atoms with Gasteiger partial charge in [0.15, 0.2) is 0 Å². The fourth-order valence-electron chi connectivity index (χ4n) is 2.58. The van der Waals surface area contributed by atoms with Gasteiger partial charge in [0.05, 0.1) is 0 Å². The van der Waals surface area contributed by atoms with E-state index in [1.165, 1.54) is 11.3 Å². The van der Waals surface area contributed by atoms with Gasteiger partial charge in [-0.1, -0.05) is 11.3 Å². The van der Waals surface area contributed by atoms with Crippen LogP contribution in [-0.4, -0.2) is 46.3 Å². The first kappa shape index (κ1) is 15.0. The molecule has 8 heteroatoms. The normalized spacial score (nSPS) is 14.6. The van der Waals surface area contributed by atoms with Gasteiger partial charge < -0.3 is 15.5 Å². The number of benzene rings is 1. The highest BCUT2D eigenvalue weighted by Crippen LogP contribution is 2.24. The van der Waals surface area contributed by atoms with Gasteiger partial charge in [-0.2, -0.15) is 4.98 Å². The standard InChI is InChI=1S/C16H17N7S/c1-3-13(4-2-12(1)15-22-19-11-24-15)20-14-5-6-18-16(21-14)23-9-7-17-8-10-23/h1-6,11,17H,7-10H2,(H,18,20,21). The monoisotopic (exact) mass is 339 g/mol. The van der Waals surface area contributed by atoms with Gasteiger partial charge in [-0.05, 0) is 30.3 Å². The van der Waals surface area contributed by atoms with Crippen LogP contribution in [0.3, 0.4) is 0 Å². The molecule has 3 aromatic rings. The number of rotatable bonds is 4. The van der Waals surface area contributed by atoms with Crippen molar-refractivity contribution in [2.24, 2.45) is 0 Å². The quantitative estimate of drug-likeness (QED) is 0.754. The lowest BCUT2D eigenvalue weighted by Crippen LogP contribution is -2.44. The summed E-state index contributed by atoms with van der Waals surface area (Å²) in [5.74, 6) is 1.56. The Kier molecular flexibility index (Phi) is 4.30. The third kappa shape index (κ3) is 3.34. The number of nitrogens with one attached hydrogen (secondary N) is 2. The number of anilines is 3. The Morgan fingerprint density at radius 2 is 1.92 bits per heavy atom. The van der Waals surface area contributed by atoms with E-state index in [1.54, 1.807) is 11.7 Å². The predicted octanol–water partition coefficient (Wildman–Crippen LogP) is 2.15. The number of nitrogens with zero attached hydrogens (tertiary/aromatic N) is 5. The van der Waals surface area contributed by atoms with E-state index in [2.05, 4.69) is 35.7 Å². The van der Waals surface area contributed by atoms with Crippen molar-refractivity contribution >= 4 is 28.8 Å². The maximum Gasteiger partial charge on any atom is 0.227 e. The topological polar surface area (TPSA) is 78.9 Å². The third-order valence-corrected chi connectivity index (χ3v) is 4.55. The lowest BCUT2D eigenvalue weighted by atomic mass is 10.2. The molecule has 0 bridgehead atoms. The van der Waals surface area contributed by atoms with Gasteiger partial charge >= 0.3 is 0 Å². The molecule has 1 aliphatic rings. The van der Waals surface area contributed by atoms with E-state index in [0.29, 0.717) is 0 Å². The SMILES string of the molecule is c1cc(Nc2ccc(-c3nncs3)cc2)nc(N2CCNCC2)n1. The first-order valence-corrected chi connectivity index (χ1v) is 8.69. The van der Waals surface area contributed by atoms with Crippen molar-refractivity contribution in [1.82, 2.24) is 25.5 Å². The lowest BCUT2D eigenvalue weighted by molar-refractivity contribution is 0.580. The van der Waals surface area contributed by atoms with Gasteiger partial charge in [-0.15, -0.1) is 10.2 Å². The van der Waals surface area contributed by atoms with Crippen LogP contribution in [0.25, 0.3) is 10.6 Å². The highest BCUT2D eigenvalue weighted by atomic mass is 32.1. The van der Waals surface area contributed by atoms with E-state index >= 15 is 0 Å². The van der Waals surface area contributed by atoms with E-state index in [1.807, 2.05) is 30.3 Å². The average molecular weight is 339 g/mol. The molecule has 1 aromatic carbocycles. The first-order valence-electron chi connectivity index (χ1n) is 7.81. The minimum Gasteiger partial charge on any atom is -0.340 e. The molecule has 1 fully saturated rings. The van der Waals surface area contributed by atoms with Crippen LogP contribution in [-0.2, 0) is 0 Å². The van der Waals surface area contributed by atoms with Crippen LogP contribution in [0.1, 0.15) is 0 Å². The zero-order valence-corrected chi connectivity index (χ0v) is 13.8. The molecule has 2 N–H and O–H groups in total. The highest BCUT2D eigenvalue weighted by molar-refractivity contribution is 7.12. The average Bonchev–Trinajstić information content (AvgIpc) is 3.18. The zero-order valence-electron chi connectivity index (χ0n) is 13.0. The summed E-state index contributed by atoms with van der Waals surface area (Å²) >= 11 is 1.53. The van der Waals surface area contributed by atoms with E-state index < -0.39 is 0 Å². The first-order chi connectivity index (χ1) is 11.9. The molecule has 0 atom stereocenters. The van der Waals surface area contributed by atoms with E-state index in [-0.39, 0.29) is 0 Å². The van der Waals surface area contributed by atoms with E-state index in [4.69, 9.17) is 0 Å². The molecule has 4 rings (SSSR count). The van der Waals surface area contributed by atoms with Gasteiger partial charge in [-0.25, -0.2) is 4.98 Å². The summed E-state index contributed by atoms with van der Waals surface area (Å²) in [5, 5.41) is 15.5. The van der Waals surface area contributed by atoms with Crippen LogP contribution in [0.5, 0.6) is 0 Å². The van der Waals surface area contributed by atoms with Crippen LogP contribution >= 0.6 is 11.3 Å². The Bertz CT molecular complexity index is 782. The molecule has 122 valence electrons. The summed E-state index contributed by atoms with van der Waals surface area (Å²) in [5.41, 5.74) is 3.78. The molecular weight excluding hydrogens is 322 g/mol. The summed E-state index contributed by atoms with van der Waals surface area (Å²) in [6, 6.07) is 9.97. The molecule has 3 heterocycles. The molecule has 0 amide bonds. The number of hydrogen-bond donors (Lipinski definition) is 2. The fraction of sp³-hybridized carbons (Fsp3) is 0.250. The predicted molar refractivity (Wildman–Crippen MR) is 95.7 cm³/mol. The van der Waals surface area contributed by atoms with Crippen molar-refractivity contribution in [3.05, 3.63) is 42.0 Å². The minimum atomic E-state index is 0.770. The van der Waals surface area contributed by atoms with Crippen LogP contribution in [0.2, 0.25) is 0 Å². The minimum absolute atomic E-state index is 0.770. The smallest absolute Gasteiger partial charge is 0.227 e. The van der Waals surface area contributed by atoms with Crippen molar-refractivity contribution in [3.8, 4) is 10.6 Å². The van der Waals surface area contributed by atoms with Crippen molar-refractivity contribution < 1.29 is 0 Å². The summed E-state index contributed by atoms with van der Waals surface area (Å²) in [6.07, 6.45) is 1.79. The van der Waals surface area contributed by atoms with Crippen molar-refractivity contribution in [3.63, 3.8) is 0 Å². The summed E-state index contributed by atoms with van der Waals surface area (Å²) < 4.78 is 0. The van der Waals surface area contributed by atoms with Gasteiger partial charge in [0.25, 0.3) is 0 Å². The second-order valence-electron chi connectivity index (χ2n) is 5.43. The fourth-order valence-corrected chi connectivity index (χ4v) is 3.14. The Labute approximate surface area is 143 Å². The Morgan fingerprint density at radius 1 is 1.08 bits per heavy atom. The molecule has 24 heavy (non-hydrogen) atoms. The molecule has 0 unspecified atom stereocenters. The number of piperazine rings is 1. The summed E-state index contributed by atoms with van der Waals surface area (Å²) in [7, 11) is 0. The van der Waals surface area contributed by atoms with Crippen LogP contribution in [0.4, 0.5) is 17.5 Å². The molecule has 0 saturated carbocycles.